The maximum absolute atomic E-state index is 13.1. The molecular formula is C20H16N2O5S. The summed E-state index contributed by atoms with van der Waals surface area (Å²) in [5, 5.41) is 11.1. The zero-order valence-electron chi connectivity index (χ0n) is 14.9. The van der Waals surface area contributed by atoms with Crippen LogP contribution in [0.15, 0.2) is 65.6 Å². The molecule has 8 heteroatoms. The number of rotatable bonds is 3. The maximum atomic E-state index is 13.1. The molecule has 1 N–H and O–H groups in total. The van der Waals surface area contributed by atoms with Crippen molar-refractivity contribution in [2.75, 3.05) is 11.9 Å². The van der Waals surface area contributed by atoms with E-state index in [1.165, 1.54) is 24.1 Å². The Morgan fingerprint density at radius 2 is 1.71 bits per heavy atom. The number of fused-ring (bicyclic) bond motifs is 2. The number of hydrogen-bond acceptors (Lipinski definition) is 4. The number of carboxylic acids is 1. The highest BCUT2D eigenvalue weighted by atomic mass is 32.2. The van der Waals surface area contributed by atoms with Crippen molar-refractivity contribution in [3.05, 3.63) is 71.8 Å². The maximum Gasteiger partial charge on any atom is 0.338 e. The summed E-state index contributed by atoms with van der Waals surface area (Å²) < 4.78 is 26.9. The molecule has 4 rings (SSSR count). The number of benzene rings is 3. The van der Waals surface area contributed by atoms with Crippen LogP contribution in [0.1, 0.15) is 15.9 Å². The van der Waals surface area contributed by atoms with E-state index in [-0.39, 0.29) is 22.7 Å². The van der Waals surface area contributed by atoms with Gasteiger partial charge in [-0.25, -0.2) is 22.3 Å². The van der Waals surface area contributed by atoms with Gasteiger partial charge in [0.2, 0.25) is 0 Å². The molecule has 3 aromatic rings. The molecular weight excluding hydrogens is 380 g/mol. The summed E-state index contributed by atoms with van der Waals surface area (Å²) in [5.41, 5.74) is 0.655. The van der Waals surface area contributed by atoms with Crippen LogP contribution >= 0.6 is 0 Å². The third kappa shape index (κ3) is 2.78. The summed E-state index contributed by atoms with van der Waals surface area (Å²) in [6, 6.07) is 16.1. The van der Waals surface area contributed by atoms with E-state index >= 15 is 0 Å². The second-order valence-electron chi connectivity index (χ2n) is 6.52. The summed E-state index contributed by atoms with van der Waals surface area (Å²) >= 11 is 0. The Bertz CT molecular complexity index is 1240. The number of anilines is 1. The molecule has 1 aliphatic rings. The quantitative estimate of drug-likeness (QED) is 0.733. The molecule has 0 bridgehead atoms. The van der Waals surface area contributed by atoms with Crippen molar-refractivity contribution in [2.45, 2.75) is 11.4 Å². The van der Waals surface area contributed by atoms with Crippen molar-refractivity contribution in [3.63, 3.8) is 0 Å². The molecule has 0 radical (unpaired) electrons. The molecule has 0 fully saturated rings. The third-order valence-electron chi connectivity index (χ3n) is 4.78. The van der Waals surface area contributed by atoms with Gasteiger partial charge < -0.3 is 5.11 Å². The molecule has 0 aliphatic carbocycles. The highest BCUT2D eigenvalue weighted by Gasteiger charge is 2.40. The number of sulfonamides is 1. The van der Waals surface area contributed by atoms with Gasteiger partial charge in [0.15, 0.2) is 0 Å². The lowest BCUT2D eigenvalue weighted by Crippen LogP contribution is -2.48. The zero-order chi connectivity index (χ0) is 20.1. The molecule has 0 saturated heterocycles. The number of aromatic carboxylic acids is 1. The second-order valence-corrected chi connectivity index (χ2v) is 8.35. The standard InChI is InChI=1S/C20H16N2O5S/c1-21-17-9-8-16(19(23)24)11-18(17)28(26,27)22(20(21)25)12-13-6-7-14-4-2-3-5-15(14)10-13/h2-11H,12H2,1H3,(H,23,24). The molecule has 7 nitrogen and oxygen atoms in total. The molecule has 0 spiro atoms. The molecule has 0 saturated carbocycles. The fourth-order valence-corrected chi connectivity index (χ4v) is 4.91. The first kappa shape index (κ1) is 18.0. The van der Waals surface area contributed by atoms with Crippen molar-refractivity contribution >= 4 is 38.5 Å². The lowest BCUT2D eigenvalue weighted by Gasteiger charge is -2.34. The lowest BCUT2D eigenvalue weighted by molar-refractivity contribution is 0.0696. The van der Waals surface area contributed by atoms with Gasteiger partial charge >= 0.3 is 12.0 Å². The lowest BCUT2D eigenvalue weighted by atomic mass is 10.1. The Morgan fingerprint density at radius 3 is 2.43 bits per heavy atom. The summed E-state index contributed by atoms with van der Waals surface area (Å²) in [6.45, 7) is -0.146. The molecule has 3 aromatic carbocycles. The molecule has 0 atom stereocenters. The van der Waals surface area contributed by atoms with Gasteiger partial charge in [-0.1, -0.05) is 36.4 Å². The van der Waals surface area contributed by atoms with Crippen LogP contribution in [0, 0.1) is 0 Å². The van der Waals surface area contributed by atoms with Crippen molar-refractivity contribution in [1.29, 1.82) is 0 Å². The van der Waals surface area contributed by atoms with E-state index in [4.69, 9.17) is 0 Å². The largest absolute Gasteiger partial charge is 0.478 e. The van der Waals surface area contributed by atoms with Crippen molar-refractivity contribution in [1.82, 2.24) is 4.31 Å². The SMILES string of the molecule is CN1C(=O)N(Cc2ccc3ccccc3c2)S(=O)(=O)c2cc(C(=O)O)ccc21. The predicted octanol–water partition coefficient (Wildman–Crippen LogP) is 3.30. The first-order chi connectivity index (χ1) is 13.3. The van der Waals surface area contributed by atoms with Crippen LogP contribution in [0.4, 0.5) is 10.5 Å². The van der Waals surface area contributed by atoms with E-state index in [0.717, 1.165) is 21.1 Å². The fourth-order valence-electron chi connectivity index (χ4n) is 3.28. The molecule has 2 amide bonds. The molecule has 0 unspecified atom stereocenters. The summed E-state index contributed by atoms with van der Waals surface area (Å²) in [4.78, 5) is 25.0. The minimum atomic E-state index is -4.19. The Balaban J connectivity index is 1.79. The summed E-state index contributed by atoms with van der Waals surface area (Å²) in [6.07, 6.45) is 0. The highest BCUT2D eigenvalue weighted by molar-refractivity contribution is 7.90. The Morgan fingerprint density at radius 1 is 1.00 bits per heavy atom. The molecule has 142 valence electrons. The average Bonchev–Trinajstić information content (AvgIpc) is 2.69. The number of amides is 2. The smallest absolute Gasteiger partial charge is 0.338 e. The Hall–Kier alpha value is -3.39. The number of carbonyl (C=O) groups is 2. The number of carbonyl (C=O) groups excluding carboxylic acids is 1. The van der Waals surface area contributed by atoms with Crippen molar-refractivity contribution in [3.8, 4) is 0 Å². The highest BCUT2D eigenvalue weighted by Crippen LogP contribution is 2.35. The molecule has 28 heavy (non-hydrogen) atoms. The van der Waals surface area contributed by atoms with Gasteiger partial charge in [0.1, 0.15) is 4.90 Å². The van der Waals surface area contributed by atoms with E-state index in [0.29, 0.717) is 5.56 Å². The van der Waals surface area contributed by atoms with Crippen LogP contribution in [-0.4, -0.2) is 36.9 Å². The third-order valence-corrected chi connectivity index (χ3v) is 6.52. The monoisotopic (exact) mass is 396 g/mol. The first-order valence-electron chi connectivity index (χ1n) is 8.44. The first-order valence-corrected chi connectivity index (χ1v) is 9.88. The van der Waals surface area contributed by atoms with Crippen molar-refractivity contribution in [2.24, 2.45) is 0 Å². The van der Waals surface area contributed by atoms with Gasteiger partial charge in [0.25, 0.3) is 10.0 Å². The topological polar surface area (TPSA) is 95.0 Å². The van der Waals surface area contributed by atoms with Gasteiger partial charge in [-0.3, -0.25) is 4.90 Å². The van der Waals surface area contributed by atoms with E-state index in [9.17, 15) is 23.1 Å². The van der Waals surface area contributed by atoms with Gasteiger partial charge in [0, 0.05) is 7.05 Å². The van der Waals surface area contributed by atoms with Crippen LogP contribution in [0.25, 0.3) is 10.8 Å². The zero-order valence-corrected chi connectivity index (χ0v) is 15.7. The van der Waals surface area contributed by atoms with Gasteiger partial charge in [-0.15, -0.1) is 0 Å². The number of carboxylic acid groups (broad SMARTS) is 1. The molecule has 1 aliphatic heterocycles. The van der Waals surface area contributed by atoms with E-state index in [1.54, 1.807) is 6.07 Å². The summed E-state index contributed by atoms with van der Waals surface area (Å²) in [7, 11) is -2.73. The normalized spacial score (nSPS) is 15.5. The van der Waals surface area contributed by atoms with Crippen LogP contribution in [0.3, 0.4) is 0 Å². The number of urea groups is 1. The minimum Gasteiger partial charge on any atom is -0.478 e. The van der Waals surface area contributed by atoms with Gasteiger partial charge in [-0.05, 0) is 40.6 Å². The van der Waals surface area contributed by atoms with E-state index < -0.39 is 22.0 Å². The Kier molecular flexibility index (Phi) is 4.08. The molecule has 0 aromatic heterocycles. The van der Waals surface area contributed by atoms with Gasteiger partial charge in [-0.2, -0.15) is 0 Å². The molecule has 1 heterocycles. The number of hydrogen-bond donors (Lipinski definition) is 1. The van der Waals surface area contributed by atoms with E-state index in [1.807, 2.05) is 36.4 Å². The average molecular weight is 396 g/mol. The van der Waals surface area contributed by atoms with Crippen LogP contribution in [0.2, 0.25) is 0 Å². The van der Waals surface area contributed by atoms with Gasteiger partial charge in [0.05, 0.1) is 17.8 Å². The second kappa shape index (κ2) is 6.35. The summed E-state index contributed by atoms with van der Waals surface area (Å²) in [5.74, 6) is -1.24. The van der Waals surface area contributed by atoms with Crippen LogP contribution < -0.4 is 4.90 Å². The van der Waals surface area contributed by atoms with Crippen molar-refractivity contribution < 1.29 is 23.1 Å². The fraction of sp³-hybridized carbons (Fsp3) is 0.100. The Labute approximate surface area is 161 Å². The van der Waals surface area contributed by atoms with Crippen LogP contribution in [0.5, 0.6) is 0 Å². The minimum absolute atomic E-state index is 0.146. The number of nitrogens with zero attached hydrogens (tertiary/aromatic N) is 2. The van der Waals surface area contributed by atoms with E-state index in [2.05, 4.69) is 0 Å². The van der Waals surface area contributed by atoms with Crippen LogP contribution in [-0.2, 0) is 16.6 Å². The predicted molar refractivity (Wildman–Crippen MR) is 104 cm³/mol.